The molecule has 218 valence electrons. The van der Waals surface area contributed by atoms with Crippen molar-refractivity contribution in [3.05, 3.63) is 89.4 Å². The van der Waals surface area contributed by atoms with Gasteiger partial charge in [0.2, 0.25) is 11.8 Å². The number of benzene rings is 3. The predicted molar refractivity (Wildman–Crippen MR) is 153 cm³/mol. The number of rotatable bonds is 6. The Bertz CT molecular complexity index is 1780. The van der Waals surface area contributed by atoms with Gasteiger partial charge in [-0.05, 0) is 29.2 Å². The molecule has 10 nitrogen and oxygen atoms in total. The van der Waals surface area contributed by atoms with Gasteiger partial charge < -0.3 is 15.0 Å². The van der Waals surface area contributed by atoms with Gasteiger partial charge >= 0.3 is 6.09 Å². The summed E-state index contributed by atoms with van der Waals surface area (Å²) in [5, 5.41) is 10.4. The van der Waals surface area contributed by atoms with Gasteiger partial charge in [0.1, 0.15) is 18.0 Å². The van der Waals surface area contributed by atoms with Gasteiger partial charge in [0.25, 0.3) is 5.91 Å². The molecular formula is C32H28FN5O5. The summed E-state index contributed by atoms with van der Waals surface area (Å²) in [5.41, 5.74) is 3.73. The van der Waals surface area contributed by atoms with E-state index in [-0.39, 0.29) is 55.1 Å². The van der Waals surface area contributed by atoms with E-state index in [9.17, 15) is 19.2 Å². The van der Waals surface area contributed by atoms with Crippen LogP contribution in [0.3, 0.4) is 0 Å². The molecule has 1 aromatic heterocycles. The molecule has 3 heterocycles. The van der Waals surface area contributed by atoms with Crippen molar-refractivity contribution in [1.82, 2.24) is 25.3 Å². The first-order chi connectivity index (χ1) is 20.9. The number of nitrogens with zero attached hydrogens (tertiary/aromatic N) is 3. The molecule has 0 radical (unpaired) electrons. The highest BCUT2D eigenvalue weighted by Crippen LogP contribution is 2.37. The average Bonchev–Trinajstić information content (AvgIpc) is 3.55. The quantitative estimate of drug-likeness (QED) is 0.329. The van der Waals surface area contributed by atoms with Crippen molar-refractivity contribution in [2.75, 3.05) is 0 Å². The molecule has 1 aliphatic carbocycles. The topological polar surface area (TPSA) is 123 Å². The third kappa shape index (κ3) is 4.90. The summed E-state index contributed by atoms with van der Waals surface area (Å²) < 4.78 is 22.9. The van der Waals surface area contributed by atoms with Gasteiger partial charge in [0.05, 0.1) is 23.3 Å². The molecule has 0 unspecified atom stereocenters. The molecule has 1 saturated carbocycles. The first-order valence-corrected chi connectivity index (χ1v) is 14.3. The molecule has 4 amide bonds. The molecule has 2 N–H and O–H groups in total. The highest BCUT2D eigenvalue weighted by atomic mass is 19.1. The Balaban J connectivity index is 0.948. The Hall–Kier alpha value is -5.06. The average molecular weight is 582 g/mol. The molecule has 3 aromatic carbocycles. The highest BCUT2D eigenvalue weighted by Gasteiger charge is 2.41. The molecule has 2 aliphatic heterocycles. The second-order valence-electron chi connectivity index (χ2n) is 11.2. The molecule has 3 aliphatic rings. The second-order valence-corrected chi connectivity index (χ2v) is 11.2. The summed E-state index contributed by atoms with van der Waals surface area (Å²) in [5.74, 6) is -2.28. The van der Waals surface area contributed by atoms with Crippen LogP contribution in [-0.4, -0.2) is 50.6 Å². The summed E-state index contributed by atoms with van der Waals surface area (Å²) in [6.45, 7) is -0.0824. The summed E-state index contributed by atoms with van der Waals surface area (Å²) in [7, 11) is 0. The van der Waals surface area contributed by atoms with Crippen molar-refractivity contribution < 1.29 is 28.3 Å². The monoisotopic (exact) mass is 581 g/mol. The first-order valence-electron chi connectivity index (χ1n) is 14.3. The molecule has 1 atom stereocenters. The fourth-order valence-electron chi connectivity index (χ4n) is 6.12. The summed E-state index contributed by atoms with van der Waals surface area (Å²) in [6.07, 6.45) is 2.40. The Kier molecular flexibility index (Phi) is 6.64. The number of hydrogen-bond donors (Lipinski definition) is 2. The maximum atomic E-state index is 15.4. The van der Waals surface area contributed by atoms with Crippen molar-refractivity contribution in [2.45, 2.75) is 57.0 Å². The largest absolute Gasteiger partial charge is 0.446 e. The number of ether oxygens (including phenoxy) is 1. The van der Waals surface area contributed by atoms with E-state index in [1.807, 2.05) is 29.1 Å². The zero-order chi connectivity index (χ0) is 29.7. The van der Waals surface area contributed by atoms with E-state index in [0.717, 1.165) is 22.0 Å². The molecule has 0 spiro atoms. The van der Waals surface area contributed by atoms with Gasteiger partial charge in [-0.1, -0.05) is 54.6 Å². The number of imide groups is 1. The van der Waals surface area contributed by atoms with Crippen LogP contribution in [0.2, 0.25) is 0 Å². The third-order valence-electron chi connectivity index (χ3n) is 8.53. The standard InChI is InChI=1S/C32H28FN5O5/c33-29-21(8-9-22-17-37(31(41)28(22)29)25-10-11-27(39)36-30(25)40)15-34-32(42)43-24-13-23(14-24)38-26-12-19(6-7-20(26)16-35-38)18-4-2-1-3-5-18/h1-9,12,16,23-25H,10-11,13-15,17H2,(H,34,42)(H,36,39,40)/t23?,24?,25-/m1/s1. The number of piperidine rings is 1. The van der Waals surface area contributed by atoms with E-state index < -0.39 is 29.8 Å². The van der Waals surface area contributed by atoms with Gasteiger partial charge in [-0.25, -0.2) is 9.18 Å². The molecular weight excluding hydrogens is 553 g/mol. The van der Waals surface area contributed by atoms with Gasteiger partial charge in [-0.2, -0.15) is 5.10 Å². The van der Waals surface area contributed by atoms with Crippen LogP contribution in [0, 0.1) is 5.82 Å². The van der Waals surface area contributed by atoms with Gasteiger partial charge in [0.15, 0.2) is 0 Å². The number of aromatic nitrogens is 2. The summed E-state index contributed by atoms with van der Waals surface area (Å²) in [6, 6.07) is 18.8. The molecule has 0 bridgehead atoms. The molecule has 11 heteroatoms. The zero-order valence-electron chi connectivity index (χ0n) is 23.1. The Labute approximate surface area is 245 Å². The summed E-state index contributed by atoms with van der Waals surface area (Å²) in [4.78, 5) is 50.6. The van der Waals surface area contributed by atoms with Crippen molar-refractivity contribution in [1.29, 1.82) is 0 Å². The number of nitrogens with one attached hydrogen (secondary N) is 2. The number of carbonyl (C=O) groups is 4. The predicted octanol–water partition coefficient (Wildman–Crippen LogP) is 4.23. The van der Waals surface area contributed by atoms with Crippen LogP contribution in [0.1, 0.15) is 53.2 Å². The van der Waals surface area contributed by atoms with E-state index in [4.69, 9.17) is 4.74 Å². The second kappa shape index (κ2) is 10.6. The normalized spacial score (nSPS) is 21.4. The van der Waals surface area contributed by atoms with Crippen molar-refractivity contribution >= 4 is 34.7 Å². The van der Waals surface area contributed by atoms with Gasteiger partial charge in [-0.3, -0.25) is 24.4 Å². The maximum Gasteiger partial charge on any atom is 0.407 e. The van der Waals surface area contributed by atoms with Crippen LogP contribution < -0.4 is 10.6 Å². The SMILES string of the molecule is O=C1CC[C@@H](N2Cc3ccc(CNC(=O)OC4CC(n5ncc6ccc(-c7ccccc7)cc65)C4)c(F)c3C2=O)C(=O)N1. The minimum atomic E-state index is -0.828. The zero-order valence-corrected chi connectivity index (χ0v) is 23.1. The third-order valence-corrected chi connectivity index (χ3v) is 8.53. The van der Waals surface area contributed by atoms with Crippen LogP contribution in [-0.2, 0) is 27.4 Å². The van der Waals surface area contributed by atoms with Crippen molar-refractivity contribution in [3.8, 4) is 11.1 Å². The first kappa shape index (κ1) is 26.8. The Morgan fingerprint density at radius 2 is 1.86 bits per heavy atom. The fourth-order valence-corrected chi connectivity index (χ4v) is 6.12. The van der Waals surface area contributed by atoms with E-state index in [2.05, 4.69) is 46.1 Å². The lowest BCUT2D eigenvalue weighted by Crippen LogP contribution is -2.52. The van der Waals surface area contributed by atoms with Gasteiger partial charge in [-0.15, -0.1) is 0 Å². The van der Waals surface area contributed by atoms with Crippen molar-refractivity contribution in [2.24, 2.45) is 0 Å². The Morgan fingerprint density at radius 3 is 2.65 bits per heavy atom. The van der Waals surface area contributed by atoms with Gasteiger partial charge in [0, 0.05) is 43.3 Å². The minimum Gasteiger partial charge on any atom is -0.446 e. The Morgan fingerprint density at radius 1 is 1.05 bits per heavy atom. The molecule has 2 fully saturated rings. The van der Waals surface area contributed by atoms with Crippen LogP contribution in [0.15, 0.2) is 66.9 Å². The number of halogens is 1. The van der Waals surface area contributed by atoms with E-state index in [0.29, 0.717) is 18.4 Å². The maximum absolute atomic E-state index is 15.4. The molecule has 7 rings (SSSR count). The number of carbonyl (C=O) groups excluding carboxylic acids is 4. The summed E-state index contributed by atoms with van der Waals surface area (Å²) >= 11 is 0. The number of alkyl carbamates (subject to hydrolysis) is 1. The number of fused-ring (bicyclic) bond motifs is 2. The lowest BCUT2D eigenvalue weighted by Gasteiger charge is -2.35. The van der Waals surface area contributed by atoms with Crippen LogP contribution in [0.5, 0.6) is 0 Å². The van der Waals surface area contributed by atoms with Crippen LogP contribution >= 0.6 is 0 Å². The van der Waals surface area contributed by atoms with Crippen LogP contribution in [0.4, 0.5) is 9.18 Å². The number of amides is 4. The van der Waals surface area contributed by atoms with Crippen molar-refractivity contribution in [3.63, 3.8) is 0 Å². The van der Waals surface area contributed by atoms with E-state index in [1.54, 1.807) is 6.07 Å². The fraction of sp³-hybridized carbons (Fsp3) is 0.281. The van der Waals surface area contributed by atoms with Crippen LogP contribution in [0.25, 0.3) is 22.0 Å². The lowest BCUT2D eigenvalue weighted by molar-refractivity contribution is -0.136. The van der Waals surface area contributed by atoms with E-state index >= 15 is 4.39 Å². The van der Waals surface area contributed by atoms with E-state index in [1.165, 1.54) is 11.0 Å². The molecule has 1 saturated heterocycles. The lowest BCUT2D eigenvalue weighted by atomic mass is 9.89. The highest BCUT2D eigenvalue weighted by molar-refractivity contribution is 6.05. The molecule has 43 heavy (non-hydrogen) atoms. The minimum absolute atomic E-state index is 0.0784. The molecule has 4 aromatic rings. The smallest absolute Gasteiger partial charge is 0.407 e. The number of hydrogen-bond acceptors (Lipinski definition) is 6.